The standard InChI is InChI=1S/C22H21N7O/c1-3-15(7-9-25-2)18-19(16-6-4-5-14(11-16)12-23)26-22(24)29-21(18)27-20(28-29)17-8-10-30-13-17/h3-7,9,11,17H,2,8,10,13H2,1H3,(H2,24,26)/b9-7-,15-3+. The number of aliphatic imine (C=N–C) groups is 1. The van der Waals surface area contributed by atoms with Crippen molar-refractivity contribution in [2.45, 2.75) is 19.3 Å². The number of benzene rings is 1. The van der Waals surface area contributed by atoms with Crippen LogP contribution in [0.25, 0.3) is 22.5 Å². The van der Waals surface area contributed by atoms with Gasteiger partial charge in [-0.1, -0.05) is 18.2 Å². The normalized spacial score (nSPS) is 16.9. The molecule has 0 saturated carbocycles. The van der Waals surface area contributed by atoms with Crippen LogP contribution in [0.1, 0.15) is 36.2 Å². The van der Waals surface area contributed by atoms with Crippen molar-refractivity contribution < 1.29 is 4.74 Å². The molecule has 1 atom stereocenters. The molecule has 1 unspecified atom stereocenters. The second-order valence-corrected chi connectivity index (χ2v) is 6.89. The number of anilines is 1. The smallest absolute Gasteiger partial charge is 0.223 e. The van der Waals surface area contributed by atoms with Crippen molar-refractivity contribution in [1.82, 2.24) is 19.6 Å². The predicted octanol–water partition coefficient (Wildman–Crippen LogP) is 3.37. The fraction of sp³-hybridized carbons (Fsp3) is 0.227. The fourth-order valence-electron chi connectivity index (χ4n) is 3.55. The first-order chi connectivity index (χ1) is 14.7. The molecule has 2 aromatic heterocycles. The summed E-state index contributed by atoms with van der Waals surface area (Å²) in [7, 11) is 0. The first-order valence-corrected chi connectivity index (χ1v) is 9.59. The molecular weight excluding hydrogens is 378 g/mol. The van der Waals surface area contributed by atoms with Crippen molar-refractivity contribution in [3.8, 4) is 17.3 Å². The van der Waals surface area contributed by atoms with Crippen LogP contribution in [-0.2, 0) is 4.74 Å². The van der Waals surface area contributed by atoms with Gasteiger partial charge in [0.05, 0.1) is 29.5 Å². The number of hydrogen-bond acceptors (Lipinski definition) is 7. The minimum Gasteiger partial charge on any atom is -0.381 e. The van der Waals surface area contributed by atoms with Crippen molar-refractivity contribution in [3.05, 3.63) is 59.6 Å². The molecule has 8 heteroatoms. The number of nitriles is 1. The average molecular weight is 399 g/mol. The van der Waals surface area contributed by atoms with Gasteiger partial charge in [-0.25, -0.2) is 9.97 Å². The number of fused-ring (bicyclic) bond motifs is 1. The number of rotatable bonds is 5. The summed E-state index contributed by atoms with van der Waals surface area (Å²) in [6, 6.07) is 9.42. The maximum Gasteiger partial charge on any atom is 0.223 e. The zero-order valence-electron chi connectivity index (χ0n) is 16.6. The van der Waals surface area contributed by atoms with Gasteiger partial charge in [-0.2, -0.15) is 9.78 Å². The van der Waals surface area contributed by atoms with E-state index in [9.17, 15) is 5.26 Å². The zero-order chi connectivity index (χ0) is 21.1. The van der Waals surface area contributed by atoms with E-state index < -0.39 is 0 Å². The summed E-state index contributed by atoms with van der Waals surface area (Å²) >= 11 is 0. The fourth-order valence-corrected chi connectivity index (χ4v) is 3.55. The highest BCUT2D eigenvalue weighted by atomic mass is 16.5. The molecule has 0 bridgehead atoms. The summed E-state index contributed by atoms with van der Waals surface area (Å²) in [5.74, 6) is 1.04. The first-order valence-electron chi connectivity index (χ1n) is 9.59. The minimum atomic E-state index is 0.127. The molecule has 150 valence electrons. The molecule has 0 spiro atoms. The minimum absolute atomic E-state index is 0.127. The van der Waals surface area contributed by atoms with E-state index in [4.69, 9.17) is 15.5 Å². The molecule has 2 N–H and O–H groups in total. The molecule has 3 heterocycles. The maximum absolute atomic E-state index is 9.33. The van der Waals surface area contributed by atoms with Crippen molar-refractivity contribution >= 4 is 23.9 Å². The third-order valence-corrected chi connectivity index (χ3v) is 5.05. The van der Waals surface area contributed by atoms with Crippen LogP contribution in [0.3, 0.4) is 0 Å². The molecule has 1 fully saturated rings. The Kier molecular flexibility index (Phi) is 5.37. The molecule has 4 rings (SSSR count). The highest BCUT2D eigenvalue weighted by Crippen LogP contribution is 2.34. The van der Waals surface area contributed by atoms with E-state index in [1.807, 2.05) is 31.2 Å². The lowest BCUT2D eigenvalue weighted by Crippen LogP contribution is -2.07. The van der Waals surface area contributed by atoms with Crippen molar-refractivity contribution in [1.29, 1.82) is 5.26 Å². The van der Waals surface area contributed by atoms with E-state index in [2.05, 4.69) is 27.9 Å². The largest absolute Gasteiger partial charge is 0.381 e. The zero-order valence-corrected chi connectivity index (χ0v) is 16.6. The van der Waals surface area contributed by atoms with Gasteiger partial charge < -0.3 is 10.5 Å². The Morgan fingerprint density at radius 1 is 1.43 bits per heavy atom. The molecule has 0 radical (unpaired) electrons. The number of nitrogen functional groups attached to an aromatic ring is 1. The second-order valence-electron chi connectivity index (χ2n) is 6.89. The lowest BCUT2D eigenvalue weighted by Gasteiger charge is -2.12. The van der Waals surface area contributed by atoms with Crippen LogP contribution in [0.2, 0.25) is 0 Å². The summed E-state index contributed by atoms with van der Waals surface area (Å²) < 4.78 is 7.07. The van der Waals surface area contributed by atoms with Crippen molar-refractivity contribution in [3.63, 3.8) is 0 Å². The summed E-state index contributed by atoms with van der Waals surface area (Å²) in [4.78, 5) is 13.3. The average Bonchev–Trinajstić information content (AvgIpc) is 3.45. The van der Waals surface area contributed by atoms with Gasteiger partial charge in [-0.15, -0.1) is 5.10 Å². The summed E-state index contributed by atoms with van der Waals surface area (Å²) in [6.07, 6.45) is 6.26. The van der Waals surface area contributed by atoms with Crippen LogP contribution in [0.5, 0.6) is 0 Å². The number of hydrogen-bond donors (Lipinski definition) is 1. The van der Waals surface area contributed by atoms with Crippen LogP contribution in [0, 0.1) is 11.3 Å². The molecular formula is C22H21N7O. The first kappa shape index (κ1) is 19.5. The maximum atomic E-state index is 9.33. The van der Waals surface area contributed by atoms with Gasteiger partial charge in [0.15, 0.2) is 11.5 Å². The van der Waals surface area contributed by atoms with Crippen LogP contribution in [0.4, 0.5) is 5.95 Å². The Morgan fingerprint density at radius 2 is 2.30 bits per heavy atom. The number of allylic oxidation sites excluding steroid dienone is 3. The Bertz CT molecular complexity index is 1210. The predicted molar refractivity (Wildman–Crippen MR) is 116 cm³/mol. The van der Waals surface area contributed by atoms with Gasteiger partial charge in [-0.05, 0) is 43.8 Å². The highest BCUT2D eigenvalue weighted by molar-refractivity contribution is 5.91. The van der Waals surface area contributed by atoms with Crippen molar-refractivity contribution in [2.24, 2.45) is 4.99 Å². The van der Waals surface area contributed by atoms with Gasteiger partial charge in [0.25, 0.3) is 0 Å². The molecule has 0 aliphatic carbocycles. The van der Waals surface area contributed by atoms with Gasteiger partial charge in [0.1, 0.15) is 0 Å². The van der Waals surface area contributed by atoms with Crippen LogP contribution >= 0.6 is 0 Å². The Morgan fingerprint density at radius 3 is 3.00 bits per heavy atom. The van der Waals surface area contributed by atoms with Gasteiger partial charge in [0.2, 0.25) is 5.95 Å². The molecule has 30 heavy (non-hydrogen) atoms. The number of nitrogens with zero attached hydrogens (tertiary/aromatic N) is 6. The Balaban J connectivity index is 2.02. The lowest BCUT2D eigenvalue weighted by atomic mass is 9.98. The summed E-state index contributed by atoms with van der Waals surface area (Å²) in [5, 5.41) is 13.9. The third-order valence-electron chi connectivity index (χ3n) is 5.05. The second kappa shape index (κ2) is 8.27. The van der Waals surface area contributed by atoms with E-state index in [0.717, 1.165) is 23.1 Å². The quantitative estimate of drug-likeness (QED) is 0.520. The molecule has 1 aliphatic heterocycles. The number of ether oxygens (including phenoxy) is 1. The van der Waals surface area contributed by atoms with Crippen molar-refractivity contribution in [2.75, 3.05) is 18.9 Å². The molecule has 0 amide bonds. The van der Waals surface area contributed by atoms with E-state index in [1.54, 1.807) is 22.8 Å². The van der Waals surface area contributed by atoms with Crippen LogP contribution in [-0.4, -0.2) is 39.5 Å². The molecule has 1 aliphatic rings. The molecule has 8 nitrogen and oxygen atoms in total. The van der Waals surface area contributed by atoms with E-state index in [0.29, 0.717) is 35.9 Å². The van der Waals surface area contributed by atoms with Gasteiger partial charge in [0, 0.05) is 24.3 Å². The third kappa shape index (κ3) is 3.47. The van der Waals surface area contributed by atoms with Crippen LogP contribution in [0.15, 0.2) is 47.6 Å². The molecule has 1 saturated heterocycles. The highest BCUT2D eigenvalue weighted by Gasteiger charge is 2.26. The SMILES string of the molecule is C=N/C=C\C(=C/C)c1c(-c2cccc(C#N)c2)nc(N)n2nc(C3CCOC3)nc12. The Labute approximate surface area is 174 Å². The van der Waals surface area contributed by atoms with E-state index >= 15 is 0 Å². The van der Waals surface area contributed by atoms with Gasteiger partial charge >= 0.3 is 0 Å². The molecule has 3 aromatic rings. The summed E-state index contributed by atoms with van der Waals surface area (Å²) in [6.45, 7) is 6.72. The summed E-state index contributed by atoms with van der Waals surface area (Å²) in [5.41, 5.74) is 10.4. The Hall–Kier alpha value is -3.83. The number of nitrogens with two attached hydrogens (primary N) is 1. The van der Waals surface area contributed by atoms with Gasteiger partial charge in [-0.3, -0.25) is 4.99 Å². The van der Waals surface area contributed by atoms with Crippen LogP contribution < -0.4 is 5.73 Å². The monoisotopic (exact) mass is 399 g/mol. The van der Waals surface area contributed by atoms with E-state index in [1.165, 1.54) is 0 Å². The van der Waals surface area contributed by atoms with E-state index in [-0.39, 0.29) is 11.9 Å². The molecule has 1 aromatic carbocycles. The topological polar surface area (TPSA) is 114 Å². The number of aromatic nitrogens is 4. The lowest BCUT2D eigenvalue weighted by molar-refractivity contribution is 0.193.